The zero-order valence-corrected chi connectivity index (χ0v) is 13.1. The third kappa shape index (κ3) is 2.63. The van der Waals surface area contributed by atoms with Crippen molar-refractivity contribution in [2.24, 2.45) is 11.1 Å². The molecule has 116 valence electrons. The average molecular weight is 292 g/mol. The van der Waals surface area contributed by atoms with Crippen LogP contribution in [0.25, 0.3) is 0 Å². The van der Waals surface area contributed by atoms with Gasteiger partial charge in [0, 0.05) is 30.2 Å². The number of anilines is 1. The molecule has 1 aliphatic carbocycles. The van der Waals surface area contributed by atoms with E-state index in [1.807, 2.05) is 39.0 Å². The Hall–Kier alpha value is -1.59. The van der Waals surface area contributed by atoms with Crippen molar-refractivity contribution in [3.05, 3.63) is 24.3 Å². The van der Waals surface area contributed by atoms with Gasteiger partial charge in [0.15, 0.2) is 0 Å². The first-order valence-corrected chi connectivity index (χ1v) is 7.21. The van der Waals surface area contributed by atoms with Gasteiger partial charge >= 0.3 is 0 Å². The first kappa shape index (κ1) is 15.8. The monoisotopic (exact) mass is 292 g/mol. The number of rotatable bonds is 5. The third-order valence-electron chi connectivity index (χ3n) is 4.56. The van der Waals surface area contributed by atoms with Crippen molar-refractivity contribution in [2.75, 3.05) is 19.0 Å². The third-order valence-corrected chi connectivity index (χ3v) is 4.56. The van der Waals surface area contributed by atoms with Gasteiger partial charge in [-0.1, -0.05) is 19.9 Å². The normalized spacial score (nSPS) is 26.8. The molecule has 0 heterocycles. The maximum atomic E-state index is 12.5. The molecule has 5 nitrogen and oxygen atoms in total. The van der Waals surface area contributed by atoms with Crippen LogP contribution in [0.2, 0.25) is 0 Å². The van der Waals surface area contributed by atoms with E-state index in [-0.39, 0.29) is 12.0 Å². The molecular weight excluding hydrogens is 268 g/mol. The number of hydrogen-bond acceptors (Lipinski definition) is 4. The van der Waals surface area contributed by atoms with Crippen LogP contribution in [-0.2, 0) is 9.53 Å². The number of hydrogen-bond donors (Lipinski definition) is 2. The summed E-state index contributed by atoms with van der Waals surface area (Å²) in [6.45, 7) is 6.52. The van der Waals surface area contributed by atoms with E-state index in [1.165, 1.54) is 0 Å². The SMILES string of the molecule is CCOC1CC(N)(C(=O)Nc2cccc(OC)c2)C1(C)C. The fourth-order valence-corrected chi connectivity index (χ4v) is 2.76. The number of carbonyl (C=O) groups is 1. The molecule has 0 saturated heterocycles. The van der Waals surface area contributed by atoms with Crippen LogP contribution < -0.4 is 15.8 Å². The van der Waals surface area contributed by atoms with Gasteiger partial charge in [-0.2, -0.15) is 0 Å². The summed E-state index contributed by atoms with van der Waals surface area (Å²) in [6, 6.07) is 7.24. The van der Waals surface area contributed by atoms with Gasteiger partial charge in [0.25, 0.3) is 0 Å². The zero-order chi connectivity index (χ0) is 15.7. The number of methoxy groups -OCH3 is 1. The van der Waals surface area contributed by atoms with Gasteiger partial charge in [0.2, 0.25) is 5.91 Å². The molecule has 3 N–H and O–H groups in total. The van der Waals surface area contributed by atoms with E-state index in [0.29, 0.717) is 24.5 Å². The Morgan fingerprint density at radius 1 is 1.48 bits per heavy atom. The Morgan fingerprint density at radius 2 is 2.19 bits per heavy atom. The van der Waals surface area contributed by atoms with Gasteiger partial charge < -0.3 is 20.5 Å². The van der Waals surface area contributed by atoms with Gasteiger partial charge in [-0.15, -0.1) is 0 Å². The highest BCUT2D eigenvalue weighted by Crippen LogP contribution is 2.50. The predicted octanol–water partition coefficient (Wildman–Crippen LogP) is 2.17. The van der Waals surface area contributed by atoms with Crippen LogP contribution in [0.3, 0.4) is 0 Å². The van der Waals surface area contributed by atoms with Crippen LogP contribution in [0.5, 0.6) is 5.75 Å². The molecule has 1 amide bonds. The van der Waals surface area contributed by atoms with E-state index in [0.717, 1.165) is 0 Å². The van der Waals surface area contributed by atoms with Crippen molar-refractivity contribution < 1.29 is 14.3 Å². The lowest BCUT2D eigenvalue weighted by molar-refractivity contribution is -0.166. The summed E-state index contributed by atoms with van der Waals surface area (Å²) in [6.07, 6.45) is 0.549. The Balaban J connectivity index is 2.10. The van der Waals surface area contributed by atoms with E-state index >= 15 is 0 Å². The summed E-state index contributed by atoms with van der Waals surface area (Å²) in [5.41, 5.74) is 5.70. The predicted molar refractivity (Wildman–Crippen MR) is 82.4 cm³/mol. The maximum absolute atomic E-state index is 12.5. The van der Waals surface area contributed by atoms with Crippen LogP contribution in [0, 0.1) is 5.41 Å². The molecule has 0 spiro atoms. The van der Waals surface area contributed by atoms with Crippen LogP contribution in [0.1, 0.15) is 27.2 Å². The molecule has 0 bridgehead atoms. The molecule has 2 unspecified atom stereocenters. The second-order valence-electron chi connectivity index (χ2n) is 6.03. The summed E-state index contributed by atoms with van der Waals surface area (Å²) in [7, 11) is 1.59. The van der Waals surface area contributed by atoms with Crippen LogP contribution in [-0.4, -0.2) is 31.3 Å². The van der Waals surface area contributed by atoms with Crippen molar-refractivity contribution in [2.45, 2.75) is 38.8 Å². The highest BCUT2D eigenvalue weighted by Gasteiger charge is 2.62. The average Bonchev–Trinajstić information content (AvgIpc) is 2.46. The van der Waals surface area contributed by atoms with E-state index in [4.69, 9.17) is 15.2 Å². The molecule has 1 aromatic carbocycles. The molecule has 1 saturated carbocycles. The molecule has 1 aliphatic rings. The van der Waals surface area contributed by atoms with E-state index in [9.17, 15) is 4.79 Å². The highest BCUT2D eigenvalue weighted by atomic mass is 16.5. The topological polar surface area (TPSA) is 73.6 Å². The van der Waals surface area contributed by atoms with Crippen molar-refractivity contribution in [1.82, 2.24) is 0 Å². The summed E-state index contributed by atoms with van der Waals surface area (Å²) in [5, 5.41) is 2.88. The minimum atomic E-state index is -0.921. The highest BCUT2D eigenvalue weighted by molar-refractivity contribution is 5.99. The van der Waals surface area contributed by atoms with Crippen LogP contribution >= 0.6 is 0 Å². The molecule has 1 fully saturated rings. The van der Waals surface area contributed by atoms with Gasteiger partial charge in [0.1, 0.15) is 11.3 Å². The maximum Gasteiger partial charge on any atom is 0.245 e. The number of nitrogens with one attached hydrogen (secondary N) is 1. The molecule has 1 aromatic rings. The van der Waals surface area contributed by atoms with E-state index in [2.05, 4.69) is 5.32 Å². The lowest BCUT2D eigenvalue weighted by Gasteiger charge is -2.57. The second kappa shape index (κ2) is 5.66. The number of ether oxygens (including phenoxy) is 2. The minimum absolute atomic E-state index is 0.0172. The molecule has 0 aliphatic heterocycles. The van der Waals surface area contributed by atoms with Gasteiger partial charge in [-0.3, -0.25) is 4.79 Å². The summed E-state index contributed by atoms with van der Waals surface area (Å²) >= 11 is 0. The van der Waals surface area contributed by atoms with Crippen molar-refractivity contribution in [3.8, 4) is 5.75 Å². The van der Waals surface area contributed by atoms with Gasteiger partial charge in [-0.25, -0.2) is 0 Å². The number of benzene rings is 1. The zero-order valence-electron chi connectivity index (χ0n) is 13.1. The molecular formula is C16H24N2O3. The second-order valence-corrected chi connectivity index (χ2v) is 6.03. The van der Waals surface area contributed by atoms with Gasteiger partial charge in [0.05, 0.1) is 13.2 Å². The fraction of sp³-hybridized carbons (Fsp3) is 0.562. The van der Waals surface area contributed by atoms with E-state index in [1.54, 1.807) is 13.2 Å². The lowest BCUT2D eigenvalue weighted by atomic mass is 9.54. The fourth-order valence-electron chi connectivity index (χ4n) is 2.76. The summed E-state index contributed by atoms with van der Waals surface area (Å²) in [5.74, 6) is 0.510. The Bertz CT molecular complexity index is 530. The van der Waals surface area contributed by atoms with Crippen LogP contribution in [0.15, 0.2) is 24.3 Å². The Kier molecular flexibility index (Phi) is 4.25. The summed E-state index contributed by atoms with van der Waals surface area (Å²) in [4.78, 5) is 12.5. The number of carbonyl (C=O) groups excluding carboxylic acids is 1. The van der Waals surface area contributed by atoms with Crippen molar-refractivity contribution >= 4 is 11.6 Å². The van der Waals surface area contributed by atoms with Crippen molar-refractivity contribution in [1.29, 1.82) is 0 Å². The molecule has 21 heavy (non-hydrogen) atoms. The van der Waals surface area contributed by atoms with Crippen molar-refractivity contribution in [3.63, 3.8) is 0 Å². The Morgan fingerprint density at radius 3 is 2.76 bits per heavy atom. The standard InChI is InChI=1S/C16H24N2O3/c1-5-21-13-10-16(17,15(13,2)3)14(19)18-11-7-6-8-12(9-11)20-4/h6-9,13H,5,10,17H2,1-4H3,(H,18,19). The molecule has 5 heteroatoms. The van der Waals surface area contributed by atoms with Gasteiger partial charge in [-0.05, 0) is 19.1 Å². The molecule has 2 rings (SSSR count). The smallest absolute Gasteiger partial charge is 0.245 e. The summed E-state index contributed by atoms with van der Waals surface area (Å²) < 4.78 is 10.8. The first-order valence-electron chi connectivity index (χ1n) is 7.21. The number of nitrogens with two attached hydrogens (primary N) is 1. The first-order chi connectivity index (χ1) is 9.85. The number of amides is 1. The molecule has 0 radical (unpaired) electrons. The largest absolute Gasteiger partial charge is 0.497 e. The van der Waals surface area contributed by atoms with Crippen LogP contribution in [0.4, 0.5) is 5.69 Å². The lowest BCUT2D eigenvalue weighted by Crippen LogP contribution is -2.74. The van der Waals surface area contributed by atoms with E-state index < -0.39 is 11.0 Å². The quantitative estimate of drug-likeness (QED) is 0.872. The molecule has 2 atom stereocenters. The molecule has 0 aromatic heterocycles. The minimum Gasteiger partial charge on any atom is -0.497 e. The Labute approximate surface area is 125 Å².